The number of carboxylic acids is 1. The number of halogens is 2. The Labute approximate surface area is 242 Å². The molecule has 0 radical (unpaired) electrons. The minimum absolute atomic E-state index is 0.0561. The van der Waals surface area contributed by atoms with Crippen LogP contribution >= 0.6 is 23.2 Å². The topological polar surface area (TPSA) is 88.3 Å². The maximum Gasteiger partial charge on any atom is 0.304 e. The third kappa shape index (κ3) is 4.97. The van der Waals surface area contributed by atoms with Crippen LogP contribution < -0.4 is 0 Å². The molecule has 5 aliphatic rings. The SMILES string of the molecule is Cc1c2ccc3c1nnn3CCCCCc1cc(Cl)c(c(Cl)c1)C(=O)N1CCc3ccc(cc3C1)C2CC(=O)O. The lowest BCUT2D eigenvalue weighted by Crippen LogP contribution is -2.36. The fourth-order valence-electron chi connectivity index (χ4n) is 6.17. The highest BCUT2D eigenvalue weighted by Crippen LogP contribution is 2.36. The van der Waals surface area contributed by atoms with Crippen molar-refractivity contribution in [3.8, 4) is 0 Å². The normalized spacial score (nSPS) is 17.6. The molecule has 1 atom stereocenters. The first-order valence-electron chi connectivity index (χ1n) is 13.7. The zero-order chi connectivity index (χ0) is 28.0. The third-order valence-electron chi connectivity index (χ3n) is 8.32. The fourth-order valence-corrected chi connectivity index (χ4v) is 6.87. The smallest absolute Gasteiger partial charge is 0.304 e. The molecule has 0 fully saturated rings. The second kappa shape index (κ2) is 10.9. The average Bonchev–Trinajstić information content (AvgIpc) is 3.34. The van der Waals surface area contributed by atoms with Crippen molar-refractivity contribution >= 4 is 46.1 Å². The van der Waals surface area contributed by atoms with E-state index in [2.05, 4.69) is 22.4 Å². The van der Waals surface area contributed by atoms with Gasteiger partial charge in [-0.25, -0.2) is 4.68 Å². The molecule has 0 saturated heterocycles. The van der Waals surface area contributed by atoms with Gasteiger partial charge in [0.05, 0.1) is 27.5 Å². The summed E-state index contributed by atoms with van der Waals surface area (Å²) in [6, 6.07) is 13.9. The number of carboxylic acid groups (broad SMARTS) is 1. The fraction of sp³-hybridized carbons (Fsp3) is 0.355. The lowest BCUT2D eigenvalue weighted by Gasteiger charge is -2.30. The van der Waals surface area contributed by atoms with Gasteiger partial charge < -0.3 is 10.0 Å². The molecule has 1 amide bonds. The average molecular weight is 578 g/mol. The summed E-state index contributed by atoms with van der Waals surface area (Å²) in [6.07, 6.45) is 4.34. The Hall–Kier alpha value is -3.42. The number of nitrogens with zero attached hydrogens (tertiary/aromatic N) is 4. The number of aliphatic carboxylic acids is 1. The zero-order valence-corrected chi connectivity index (χ0v) is 23.8. The largest absolute Gasteiger partial charge is 0.481 e. The van der Waals surface area contributed by atoms with Gasteiger partial charge in [0.2, 0.25) is 0 Å². The molecular formula is C31H30Cl2N4O3. The van der Waals surface area contributed by atoms with Crippen LogP contribution in [-0.4, -0.2) is 43.4 Å². The number of amides is 1. The van der Waals surface area contributed by atoms with Crippen molar-refractivity contribution in [3.05, 3.63) is 91.5 Å². The molecular weight excluding hydrogens is 547 g/mol. The molecule has 4 aromatic rings. The molecule has 206 valence electrons. The van der Waals surface area contributed by atoms with E-state index in [4.69, 9.17) is 23.2 Å². The van der Waals surface area contributed by atoms with Crippen molar-refractivity contribution in [3.63, 3.8) is 0 Å². The lowest BCUT2D eigenvalue weighted by atomic mass is 9.83. The van der Waals surface area contributed by atoms with Crippen molar-refractivity contribution < 1.29 is 14.7 Å². The highest BCUT2D eigenvalue weighted by molar-refractivity contribution is 6.39. The van der Waals surface area contributed by atoms with Gasteiger partial charge in [-0.05, 0) is 84.2 Å². The first kappa shape index (κ1) is 26.8. The number of rotatable bonds is 2. The maximum absolute atomic E-state index is 13.6. The number of carbonyl (C=O) groups excluding carboxylic acids is 1. The molecule has 1 N–H and O–H groups in total. The van der Waals surface area contributed by atoms with E-state index in [1.165, 1.54) is 0 Å². The van der Waals surface area contributed by atoms with E-state index in [1.54, 1.807) is 4.90 Å². The number of aromatic nitrogens is 3. The molecule has 1 aromatic heterocycles. The molecule has 9 heteroatoms. The quantitative estimate of drug-likeness (QED) is 0.291. The van der Waals surface area contributed by atoms with Crippen molar-refractivity contribution in [1.82, 2.24) is 19.9 Å². The Morgan fingerprint density at radius 2 is 1.80 bits per heavy atom. The van der Waals surface area contributed by atoms with Crippen molar-refractivity contribution in [2.24, 2.45) is 0 Å². The number of hydrogen-bond donors (Lipinski definition) is 1. The molecule has 0 spiro atoms. The first-order chi connectivity index (χ1) is 19.3. The number of aryl methyl sites for hydroxylation is 3. The monoisotopic (exact) mass is 576 g/mol. The predicted octanol–water partition coefficient (Wildman–Crippen LogP) is 6.58. The van der Waals surface area contributed by atoms with Gasteiger partial charge >= 0.3 is 5.97 Å². The van der Waals surface area contributed by atoms with Gasteiger partial charge in [0, 0.05) is 25.6 Å². The Morgan fingerprint density at radius 3 is 2.58 bits per heavy atom. The molecule has 0 saturated carbocycles. The van der Waals surface area contributed by atoms with Crippen LogP contribution in [0.1, 0.15) is 75.3 Å². The van der Waals surface area contributed by atoms with Gasteiger partial charge in [-0.1, -0.05) is 59.1 Å². The van der Waals surface area contributed by atoms with Crippen LogP contribution in [0.25, 0.3) is 11.0 Å². The Morgan fingerprint density at radius 1 is 1.00 bits per heavy atom. The molecule has 9 rings (SSSR count). The van der Waals surface area contributed by atoms with Crippen LogP contribution in [-0.2, 0) is 30.7 Å². The van der Waals surface area contributed by atoms with E-state index in [1.807, 2.05) is 41.9 Å². The van der Waals surface area contributed by atoms with Crippen LogP contribution in [0.5, 0.6) is 0 Å². The van der Waals surface area contributed by atoms with E-state index < -0.39 is 5.97 Å². The van der Waals surface area contributed by atoms with E-state index in [-0.39, 0.29) is 18.2 Å². The van der Waals surface area contributed by atoms with E-state index in [9.17, 15) is 14.7 Å². The van der Waals surface area contributed by atoms with Crippen LogP contribution in [0.15, 0.2) is 42.5 Å². The standard InChI is InChI=1S/C31H30Cl2N4O3/c1-18-23-8-9-27-30(18)34-35-37(27)11-4-2-3-5-19-13-25(32)29(26(33)14-19)31(40)36-12-10-20-6-7-21(15-22(20)17-36)24(23)16-28(38)39/h6-9,13-15,24H,2-5,10-12,16-17H2,1H3,(H,38,39). The molecule has 9 bridgehead atoms. The highest BCUT2D eigenvalue weighted by Gasteiger charge is 2.28. The minimum atomic E-state index is -0.874. The molecule has 40 heavy (non-hydrogen) atoms. The molecule has 3 aromatic carbocycles. The van der Waals surface area contributed by atoms with E-state index >= 15 is 0 Å². The van der Waals surface area contributed by atoms with Crippen molar-refractivity contribution in [2.45, 2.75) is 64.5 Å². The highest BCUT2D eigenvalue weighted by atomic mass is 35.5. The first-order valence-corrected chi connectivity index (χ1v) is 14.5. The second-order valence-corrected chi connectivity index (χ2v) is 11.7. The van der Waals surface area contributed by atoms with Gasteiger partial charge in [-0.3, -0.25) is 9.59 Å². The summed E-state index contributed by atoms with van der Waals surface area (Å²) in [5.41, 5.74) is 8.05. The van der Waals surface area contributed by atoms with Crippen molar-refractivity contribution in [1.29, 1.82) is 0 Å². The Bertz CT molecular complexity index is 1620. The molecule has 6 heterocycles. The van der Waals surface area contributed by atoms with E-state index in [0.717, 1.165) is 76.6 Å². The van der Waals surface area contributed by atoms with Gasteiger partial charge in [-0.15, -0.1) is 5.10 Å². The van der Waals surface area contributed by atoms with Gasteiger partial charge in [0.1, 0.15) is 5.52 Å². The summed E-state index contributed by atoms with van der Waals surface area (Å²) in [7, 11) is 0. The summed E-state index contributed by atoms with van der Waals surface area (Å²) < 4.78 is 1.93. The predicted molar refractivity (Wildman–Crippen MR) is 155 cm³/mol. The number of benzene rings is 3. The van der Waals surface area contributed by atoms with Crippen LogP contribution in [0.4, 0.5) is 0 Å². The van der Waals surface area contributed by atoms with Crippen molar-refractivity contribution in [2.75, 3.05) is 6.54 Å². The molecule has 1 unspecified atom stereocenters. The minimum Gasteiger partial charge on any atom is -0.481 e. The maximum atomic E-state index is 13.6. The molecule has 7 nitrogen and oxygen atoms in total. The second-order valence-electron chi connectivity index (χ2n) is 10.9. The Balaban J connectivity index is 1.46. The van der Waals surface area contributed by atoms with E-state index in [0.29, 0.717) is 35.1 Å². The van der Waals surface area contributed by atoms with Gasteiger partial charge in [0.15, 0.2) is 0 Å². The van der Waals surface area contributed by atoms with Crippen LogP contribution in [0.3, 0.4) is 0 Å². The summed E-state index contributed by atoms with van der Waals surface area (Å²) in [4.78, 5) is 27.4. The van der Waals surface area contributed by atoms with Gasteiger partial charge in [-0.2, -0.15) is 0 Å². The van der Waals surface area contributed by atoms with Crippen LogP contribution in [0.2, 0.25) is 10.0 Å². The number of hydrogen-bond acceptors (Lipinski definition) is 4. The summed E-state index contributed by atoms with van der Waals surface area (Å²) in [5.74, 6) is -1.43. The number of carbonyl (C=O) groups is 2. The lowest BCUT2D eigenvalue weighted by molar-refractivity contribution is -0.137. The zero-order valence-electron chi connectivity index (χ0n) is 22.3. The summed E-state index contributed by atoms with van der Waals surface area (Å²) in [5, 5.41) is 19.5. The Kier molecular flexibility index (Phi) is 7.27. The molecule has 5 aliphatic heterocycles. The summed E-state index contributed by atoms with van der Waals surface area (Å²) in [6.45, 7) is 3.70. The van der Waals surface area contributed by atoms with Gasteiger partial charge in [0.25, 0.3) is 5.91 Å². The summed E-state index contributed by atoms with van der Waals surface area (Å²) >= 11 is 13.3. The van der Waals surface area contributed by atoms with Crippen LogP contribution in [0, 0.1) is 6.92 Å². The third-order valence-corrected chi connectivity index (χ3v) is 8.92. The molecule has 0 aliphatic carbocycles.